The number of benzene rings is 2. The third-order valence-corrected chi connectivity index (χ3v) is 4.56. The Morgan fingerprint density at radius 2 is 1.77 bits per heavy atom. The van der Waals surface area contributed by atoms with Crippen LogP contribution >= 0.6 is 0 Å². The molecule has 31 heavy (non-hydrogen) atoms. The molecule has 156 valence electrons. The van der Waals surface area contributed by atoms with Gasteiger partial charge >= 0.3 is 0 Å². The molecule has 2 amide bonds. The van der Waals surface area contributed by atoms with Gasteiger partial charge in [-0.1, -0.05) is 30.3 Å². The Morgan fingerprint density at radius 3 is 2.52 bits per heavy atom. The lowest BCUT2D eigenvalue weighted by Gasteiger charge is -2.10. The van der Waals surface area contributed by atoms with Crippen molar-refractivity contribution in [3.05, 3.63) is 96.2 Å². The minimum absolute atomic E-state index is 0.108. The van der Waals surface area contributed by atoms with Crippen LogP contribution in [0.25, 0.3) is 5.69 Å². The lowest BCUT2D eigenvalue weighted by molar-refractivity contribution is 0.0949. The van der Waals surface area contributed by atoms with Crippen molar-refractivity contribution in [3.63, 3.8) is 0 Å². The van der Waals surface area contributed by atoms with Crippen molar-refractivity contribution in [2.45, 2.75) is 6.54 Å². The van der Waals surface area contributed by atoms with Gasteiger partial charge in [-0.3, -0.25) is 9.59 Å². The summed E-state index contributed by atoms with van der Waals surface area (Å²) in [4.78, 5) is 25.6. The first-order valence-electron chi connectivity index (χ1n) is 9.56. The van der Waals surface area contributed by atoms with Gasteiger partial charge in [0.05, 0.1) is 43.1 Å². The number of hydrogen-bond donors (Lipinski definition) is 2. The summed E-state index contributed by atoms with van der Waals surface area (Å²) in [5.74, 6) is 0.124. The van der Waals surface area contributed by atoms with Gasteiger partial charge in [-0.15, -0.1) is 0 Å². The van der Waals surface area contributed by atoms with Gasteiger partial charge in [0, 0.05) is 0 Å². The molecule has 2 N–H and O–H groups in total. The molecule has 0 unspecified atom stereocenters. The third kappa shape index (κ3) is 4.48. The summed E-state index contributed by atoms with van der Waals surface area (Å²) >= 11 is 0. The van der Waals surface area contributed by atoms with Crippen molar-refractivity contribution in [2.75, 3.05) is 12.4 Å². The van der Waals surface area contributed by atoms with Gasteiger partial charge in [0.1, 0.15) is 5.76 Å². The maximum atomic E-state index is 12.9. The molecule has 2 aromatic carbocycles. The molecular formula is C23H20N4O4. The predicted octanol–water partition coefficient (Wildman–Crippen LogP) is 3.66. The number of nitrogens with zero attached hydrogens (tertiary/aromatic N) is 2. The standard InChI is InChI=1S/C23H20N4O4/c1-30-20-15-27(16-8-3-2-4-9-16)26-21(20)23(29)25-19-12-6-5-11-18(19)22(28)24-14-17-10-7-13-31-17/h2-13,15H,14H2,1H3,(H,24,28)(H,25,29). The first-order valence-corrected chi connectivity index (χ1v) is 9.56. The maximum absolute atomic E-state index is 12.9. The van der Waals surface area contributed by atoms with Crippen LogP contribution in [0, 0.1) is 0 Å². The first kappa shape index (κ1) is 20.0. The van der Waals surface area contributed by atoms with E-state index in [0.717, 1.165) is 5.69 Å². The van der Waals surface area contributed by atoms with Gasteiger partial charge in [-0.2, -0.15) is 5.10 Å². The number of para-hydroxylation sites is 2. The van der Waals surface area contributed by atoms with E-state index in [2.05, 4.69) is 15.7 Å². The van der Waals surface area contributed by atoms with Crippen molar-refractivity contribution in [2.24, 2.45) is 0 Å². The molecule has 2 heterocycles. The molecule has 8 heteroatoms. The van der Waals surface area contributed by atoms with Crippen LogP contribution in [0.1, 0.15) is 26.6 Å². The second-order valence-electron chi connectivity index (χ2n) is 6.59. The Hall–Kier alpha value is -4.33. The van der Waals surface area contributed by atoms with Crippen LogP contribution in [-0.2, 0) is 6.54 Å². The van der Waals surface area contributed by atoms with Gasteiger partial charge in [-0.05, 0) is 36.4 Å². The number of carbonyl (C=O) groups excluding carboxylic acids is 2. The van der Waals surface area contributed by atoms with Crippen molar-refractivity contribution in [1.82, 2.24) is 15.1 Å². The predicted molar refractivity (Wildman–Crippen MR) is 114 cm³/mol. The Labute approximate surface area is 178 Å². The van der Waals surface area contributed by atoms with Gasteiger partial charge in [-0.25, -0.2) is 4.68 Å². The SMILES string of the molecule is COc1cn(-c2ccccc2)nc1C(=O)Nc1ccccc1C(=O)NCc1ccco1. The number of nitrogens with one attached hydrogen (secondary N) is 2. The number of aromatic nitrogens is 2. The molecule has 2 aromatic heterocycles. The first-order chi connectivity index (χ1) is 15.2. The molecule has 0 saturated carbocycles. The van der Waals surface area contributed by atoms with E-state index in [9.17, 15) is 9.59 Å². The van der Waals surface area contributed by atoms with Gasteiger partial charge in [0.25, 0.3) is 11.8 Å². The van der Waals surface area contributed by atoms with Crippen molar-refractivity contribution in [1.29, 1.82) is 0 Å². The zero-order chi connectivity index (χ0) is 21.6. The van der Waals surface area contributed by atoms with E-state index in [1.165, 1.54) is 13.4 Å². The van der Waals surface area contributed by atoms with Crippen LogP contribution in [0.5, 0.6) is 5.75 Å². The Bertz CT molecular complexity index is 1180. The van der Waals surface area contributed by atoms with Crippen LogP contribution in [0.2, 0.25) is 0 Å². The van der Waals surface area contributed by atoms with Gasteiger partial charge < -0.3 is 19.8 Å². The molecule has 8 nitrogen and oxygen atoms in total. The summed E-state index contributed by atoms with van der Waals surface area (Å²) in [6, 6.07) is 19.6. The number of furan rings is 1. The fraction of sp³-hybridized carbons (Fsp3) is 0.0870. The van der Waals surface area contributed by atoms with Crippen LogP contribution in [-0.4, -0.2) is 28.7 Å². The largest absolute Gasteiger partial charge is 0.493 e. The zero-order valence-electron chi connectivity index (χ0n) is 16.7. The Morgan fingerprint density at radius 1 is 1.00 bits per heavy atom. The molecule has 0 aliphatic rings. The highest BCUT2D eigenvalue weighted by atomic mass is 16.5. The summed E-state index contributed by atoms with van der Waals surface area (Å²) < 4.78 is 12.1. The second kappa shape index (κ2) is 9.00. The molecule has 0 aliphatic heterocycles. The number of amides is 2. The molecule has 0 fully saturated rings. The van der Waals surface area contributed by atoms with E-state index in [4.69, 9.17) is 9.15 Å². The average molecular weight is 416 g/mol. The molecular weight excluding hydrogens is 396 g/mol. The van der Waals surface area contributed by atoms with E-state index in [-0.39, 0.29) is 18.1 Å². The molecule has 0 radical (unpaired) electrons. The second-order valence-corrected chi connectivity index (χ2v) is 6.59. The van der Waals surface area contributed by atoms with E-state index in [0.29, 0.717) is 22.8 Å². The fourth-order valence-corrected chi connectivity index (χ4v) is 3.03. The lowest BCUT2D eigenvalue weighted by atomic mass is 10.1. The highest BCUT2D eigenvalue weighted by Crippen LogP contribution is 2.22. The number of methoxy groups -OCH3 is 1. The maximum Gasteiger partial charge on any atom is 0.280 e. The van der Waals surface area contributed by atoms with E-state index in [1.54, 1.807) is 47.3 Å². The number of rotatable bonds is 7. The van der Waals surface area contributed by atoms with Crippen molar-refractivity contribution < 1.29 is 18.7 Å². The highest BCUT2D eigenvalue weighted by molar-refractivity contribution is 6.09. The normalized spacial score (nSPS) is 10.5. The molecule has 0 aliphatic carbocycles. The van der Waals surface area contributed by atoms with E-state index >= 15 is 0 Å². The summed E-state index contributed by atoms with van der Waals surface area (Å²) in [5, 5.41) is 9.89. The summed E-state index contributed by atoms with van der Waals surface area (Å²) in [6.07, 6.45) is 3.17. The third-order valence-electron chi connectivity index (χ3n) is 4.56. The average Bonchev–Trinajstić information content (AvgIpc) is 3.48. The Balaban J connectivity index is 1.54. The van der Waals surface area contributed by atoms with Gasteiger partial charge in [0.2, 0.25) is 0 Å². The smallest absolute Gasteiger partial charge is 0.280 e. The minimum Gasteiger partial charge on any atom is -0.493 e. The molecule has 0 spiro atoms. The number of ether oxygens (including phenoxy) is 1. The lowest BCUT2D eigenvalue weighted by Crippen LogP contribution is -2.25. The quantitative estimate of drug-likeness (QED) is 0.479. The highest BCUT2D eigenvalue weighted by Gasteiger charge is 2.21. The number of anilines is 1. The van der Waals surface area contributed by atoms with Gasteiger partial charge in [0.15, 0.2) is 11.4 Å². The van der Waals surface area contributed by atoms with Crippen molar-refractivity contribution >= 4 is 17.5 Å². The summed E-state index contributed by atoms with van der Waals surface area (Å²) in [6.45, 7) is 0.240. The number of hydrogen-bond acceptors (Lipinski definition) is 5. The molecule has 0 saturated heterocycles. The molecule has 0 bridgehead atoms. The Kier molecular flexibility index (Phi) is 5.79. The summed E-state index contributed by atoms with van der Waals surface area (Å²) in [5.41, 5.74) is 1.58. The zero-order valence-corrected chi connectivity index (χ0v) is 16.7. The minimum atomic E-state index is -0.488. The fourth-order valence-electron chi connectivity index (χ4n) is 3.03. The van der Waals surface area contributed by atoms with E-state index in [1.807, 2.05) is 30.3 Å². The van der Waals surface area contributed by atoms with E-state index < -0.39 is 5.91 Å². The molecule has 4 aromatic rings. The number of carbonyl (C=O) groups is 2. The topological polar surface area (TPSA) is 98.4 Å². The van der Waals surface area contributed by atoms with Crippen molar-refractivity contribution in [3.8, 4) is 11.4 Å². The summed E-state index contributed by atoms with van der Waals surface area (Å²) in [7, 11) is 1.47. The van der Waals surface area contributed by atoms with Crippen LogP contribution < -0.4 is 15.4 Å². The van der Waals surface area contributed by atoms with Crippen LogP contribution in [0.3, 0.4) is 0 Å². The monoisotopic (exact) mass is 416 g/mol. The van der Waals surface area contributed by atoms with Crippen LogP contribution in [0.4, 0.5) is 5.69 Å². The molecule has 4 rings (SSSR count). The molecule has 0 atom stereocenters. The van der Waals surface area contributed by atoms with Crippen LogP contribution in [0.15, 0.2) is 83.6 Å².